The van der Waals surface area contributed by atoms with Crippen LogP contribution in [0.4, 0.5) is 16.4 Å². The van der Waals surface area contributed by atoms with Gasteiger partial charge in [0, 0.05) is 49.8 Å². The second kappa shape index (κ2) is 10.5. The fourth-order valence-electron chi connectivity index (χ4n) is 3.11. The van der Waals surface area contributed by atoms with Gasteiger partial charge < -0.3 is 19.9 Å². The molecule has 2 heterocycles. The molecule has 2 aromatic rings. The van der Waals surface area contributed by atoms with Crippen molar-refractivity contribution in [3.8, 4) is 0 Å². The Bertz CT molecular complexity index is 1000. The molecule has 0 unspecified atom stereocenters. The highest BCUT2D eigenvalue weighted by Crippen LogP contribution is 2.28. The van der Waals surface area contributed by atoms with E-state index in [0.29, 0.717) is 54.1 Å². The summed E-state index contributed by atoms with van der Waals surface area (Å²) in [4.78, 5) is 48.6. The van der Waals surface area contributed by atoms with Gasteiger partial charge in [0.2, 0.25) is 11.9 Å². The molecule has 0 radical (unpaired) electrons. The molecule has 9 nitrogen and oxygen atoms in total. The zero-order valence-electron chi connectivity index (χ0n) is 17.9. The highest BCUT2D eigenvalue weighted by molar-refractivity contribution is 8.13. The van der Waals surface area contributed by atoms with Crippen molar-refractivity contribution in [2.24, 2.45) is 0 Å². The Kier molecular flexibility index (Phi) is 7.69. The lowest BCUT2D eigenvalue weighted by Crippen LogP contribution is -2.38. The number of carbonyl (C=O) groups excluding carboxylic acids is 2. The molecule has 10 heteroatoms. The van der Waals surface area contributed by atoms with Crippen molar-refractivity contribution < 1.29 is 14.3 Å². The van der Waals surface area contributed by atoms with Crippen molar-refractivity contribution in [3.63, 3.8) is 0 Å². The van der Waals surface area contributed by atoms with Gasteiger partial charge in [0.15, 0.2) is 0 Å². The second-order valence-corrected chi connectivity index (χ2v) is 8.35. The third-order valence-corrected chi connectivity index (χ3v) is 5.96. The number of benzene rings is 1. The van der Waals surface area contributed by atoms with Crippen LogP contribution in [0.25, 0.3) is 0 Å². The zero-order valence-corrected chi connectivity index (χ0v) is 18.8. The topological polar surface area (TPSA) is 108 Å². The van der Waals surface area contributed by atoms with Gasteiger partial charge in [-0.25, -0.2) is 4.98 Å². The standard InChI is InChI=1S/C21H27N5O4S/c1-14-15(19(28)24-20(22-14)26-10-12-30-13-11-26)8-9-18(27)23-16-6-4-5-7-17(16)31-21(29)25(2)3/h4-7H,8-13H2,1-3H3,(H,23,27)(H,22,24,28). The highest BCUT2D eigenvalue weighted by Gasteiger charge is 2.17. The van der Waals surface area contributed by atoms with Crippen molar-refractivity contribution in [1.82, 2.24) is 14.9 Å². The molecule has 31 heavy (non-hydrogen) atoms. The van der Waals surface area contributed by atoms with Crippen LogP contribution in [-0.4, -0.2) is 66.4 Å². The van der Waals surface area contributed by atoms with E-state index in [4.69, 9.17) is 4.74 Å². The number of thioether (sulfide) groups is 1. The summed E-state index contributed by atoms with van der Waals surface area (Å²) in [5.41, 5.74) is 1.46. The van der Waals surface area contributed by atoms with Crippen LogP contribution in [0.3, 0.4) is 0 Å². The molecule has 0 spiro atoms. The third-order valence-electron chi connectivity index (χ3n) is 4.85. The average Bonchev–Trinajstić information content (AvgIpc) is 2.75. The van der Waals surface area contributed by atoms with Gasteiger partial charge in [-0.3, -0.25) is 19.4 Å². The maximum absolute atomic E-state index is 12.6. The van der Waals surface area contributed by atoms with Crippen molar-refractivity contribution >= 4 is 34.5 Å². The van der Waals surface area contributed by atoms with Crippen LogP contribution >= 0.6 is 11.8 Å². The number of nitrogens with one attached hydrogen (secondary N) is 2. The minimum atomic E-state index is -0.235. The predicted octanol–water partition coefficient (Wildman–Crippen LogP) is 2.26. The number of hydrogen-bond acceptors (Lipinski definition) is 7. The van der Waals surface area contributed by atoms with Gasteiger partial charge in [0.1, 0.15) is 0 Å². The minimum absolute atomic E-state index is 0.128. The molecule has 3 rings (SSSR count). The van der Waals surface area contributed by atoms with Crippen molar-refractivity contribution in [3.05, 3.63) is 45.9 Å². The normalized spacial score (nSPS) is 13.7. The minimum Gasteiger partial charge on any atom is -0.378 e. The van der Waals surface area contributed by atoms with Gasteiger partial charge in [-0.1, -0.05) is 12.1 Å². The van der Waals surface area contributed by atoms with E-state index in [-0.39, 0.29) is 29.5 Å². The van der Waals surface area contributed by atoms with Gasteiger partial charge in [0.25, 0.3) is 10.8 Å². The number of aryl methyl sites for hydroxylation is 1. The number of amides is 2. The largest absolute Gasteiger partial charge is 0.378 e. The number of hydrogen-bond donors (Lipinski definition) is 2. The molecule has 166 valence electrons. The van der Waals surface area contributed by atoms with E-state index in [9.17, 15) is 14.4 Å². The molecule has 2 amide bonds. The first kappa shape index (κ1) is 22.8. The second-order valence-electron chi connectivity index (χ2n) is 7.36. The summed E-state index contributed by atoms with van der Waals surface area (Å²) >= 11 is 1.05. The first-order valence-corrected chi connectivity index (χ1v) is 10.9. The highest BCUT2D eigenvalue weighted by atomic mass is 32.2. The molecule has 0 saturated carbocycles. The molecule has 1 aromatic carbocycles. The zero-order chi connectivity index (χ0) is 22.4. The number of nitrogens with zero attached hydrogens (tertiary/aromatic N) is 3. The van der Waals surface area contributed by atoms with Crippen molar-refractivity contribution in [2.45, 2.75) is 24.7 Å². The Morgan fingerprint density at radius 3 is 2.65 bits per heavy atom. The maximum Gasteiger partial charge on any atom is 0.286 e. The lowest BCUT2D eigenvalue weighted by Gasteiger charge is -2.27. The summed E-state index contributed by atoms with van der Waals surface area (Å²) < 4.78 is 5.33. The summed E-state index contributed by atoms with van der Waals surface area (Å²) in [5.74, 6) is 0.303. The Labute approximate surface area is 185 Å². The number of morpholine rings is 1. The number of rotatable bonds is 6. The van der Waals surface area contributed by atoms with Crippen LogP contribution < -0.4 is 15.8 Å². The van der Waals surface area contributed by atoms with E-state index < -0.39 is 0 Å². The summed E-state index contributed by atoms with van der Waals surface area (Å²) in [7, 11) is 3.35. The molecule has 1 saturated heterocycles. The predicted molar refractivity (Wildman–Crippen MR) is 121 cm³/mol. The van der Waals surface area contributed by atoms with E-state index in [1.54, 1.807) is 39.2 Å². The van der Waals surface area contributed by atoms with Crippen LogP contribution in [0.15, 0.2) is 34.0 Å². The Hall–Kier alpha value is -2.85. The summed E-state index contributed by atoms with van der Waals surface area (Å²) in [5, 5.41) is 2.71. The number of aromatic nitrogens is 2. The molecule has 1 aliphatic heterocycles. The lowest BCUT2D eigenvalue weighted by atomic mass is 10.1. The molecule has 1 fully saturated rings. The first-order valence-electron chi connectivity index (χ1n) is 10.1. The molecule has 0 atom stereocenters. The maximum atomic E-state index is 12.6. The summed E-state index contributed by atoms with van der Waals surface area (Å²) in [6.45, 7) is 4.34. The van der Waals surface area contributed by atoms with Gasteiger partial charge in [-0.15, -0.1) is 0 Å². The van der Waals surface area contributed by atoms with Crippen LogP contribution in [0.1, 0.15) is 17.7 Å². The molecular formula is C21H27N5O4S. The number of carbonyl (C=O) groups is 2. The SMILES string of the molecule is Cc1nc(N2CCOCC2)[nH]c(=O)c1CCC(=O)Nc1ccccc1SC(=O)N(C)C. The smallest absolute Gasteiger partial charge is 0.286 e. The van der Waals surface area contributed by atoms with Gasteiger partial charge >= 0.3 is 0 Å². The fraction of sp³-hybridized carbons (Fsp3) is 0.429. The van der Waals surface area contributed by atoms with E-state index in [2.05, 4.69) is 15.3 Å². The van der Waals surface area contributed by atoms with Crippen molar-refractivity contribution in [2.75, 3.05) is 50.6 Å². The number of anilines is 2. The Morgan fingerprint density at radius 1 is 1.26 bits per heavy atom. The molecule has 2 N–H and O–H groups in total. The number of para-hydroxylation sites is 1. The molecular weight excluding hydrogens is 418 g/mol. The van der Waals surface area contributed by atoms with Gasteiger partial charge in [-0.05, 0) is 37.2 Å². The monoisotopic (exact) mass is 445 g/mol. The van der Waals surface area contributed by atoms with Crippen LogP contribution in [0, 0.1) is 6.92 Å². The lowest BCUT2D eigenvalue weighted by molar-refractivity contribution is -0.116. The van der Waals surface area contributed by atoms with Crippen LogP contribution in [0.2, 0.25) is 0 Å². The van der Waals surface area contributed by atoms with E-state index in [1.807, 2.05) is 11.0 Å². The first-order chi connectivity index (χ1) is 14.8. The van der Waals surface area contributed by atoms with E-state index in [1.165, 1.54) is 4.90 Å². The van der Waals surface area contributed by atoms with E-state index in [0.717, 1.165) is 11.8 Å². The molecule has 1 aliphatic rings. The van der Waals surface area contributed by atoms with Crippen LogP contribution in [-0.2, 0) is 16.0 Å². The summed E-state index contributed by atoms with van der Waals surface area (Å²) in [6, 6.07) is 7.14. The quantitative estimate of drug-likeness (QED) is 0.657. The third kappa shape index (κ3) is 6.08. The Balaban J connectivity index is 1.64. The average molecular weight is 446 g/mol. The van der Waals surface area contributed by atoms with Gasteiger partial charge in [0.05, 0.1) is 18.9 Å². The Morgan fingerprint density at radius 2 is 1.97 bits per heavy atom. The van der Waals surface area contributed by atoms with Gasteiger partial charge in [-0.2, -0.15) is 0 Å². The number of ether oxygens (including phenoxy) is 1. The molecule has 0 aliphatic carbocycles. The summed E-state index contributed by atoms with van der Waals surface area (Å²) in [6.07, 6.45) is 0.401. The van der Waals surface area contributed by atoms with Crippen molar-refractivity contribution in [1.29, 1.82) is 0 Å². The number of H-pyrrole nitrogens is 1. The molecule has 1 aromatic heterocycles. The fourth-order valence-corrected chi connectivity index (χ4v) is 3.86. The molecule has 0 bridgehead atoms. The van der Waals surface area contributed by atoms with Crippen LogP contribution in [0.5, 0.6) is 0 Å². The van der Waals surface area contributed by atoms with E-state index >= 15 is 0 Å². The number of aromatic amines is 1.